The normalized spacial score (nSPS) is 21.8. The van der Waals surface area contributed by atoms with Crippen LogP contribution in [-0.4, -0.2) is 53.4 Å². The highest BCUT2D eigenvalue weighted by Gasteiger charge is 2.53. The number of methoxy groups -OCH3 is 1. The molecule has 2 aliphatic rings. The molecule has 2 aliphatic heterocycles. The second-order valence-electron chi connectivity index (χ2n) is 8.16. The number of aliphatic hydroxyl groups excluding tert-OH is 1. The highest BCUT2D eigenvalue weighted by molar-refractivity contribution is 6.03. The first-order valence-electron chi connectivity index (χ1n) is 10.8. The Morgan fingerprint density at radius 3 is 2.62 bits per heavy atom. The van der Waals surface area contributed by atoms with E-state index in [1.807, 2.05) is 60.7 Å². The Morgan fingerprint density at radius 2 is 1.91 bits per heavy atom. The number of likely N-dealkylation sites (tertiary alicyclic amines) is 1. The second kappa shape index (κ2) is 8.61. The van der Waals surface area contributed by atoms with Gasteiger partial charge in [-0.05, 0) is 48.0 Å². The van der Waals surface area contributed by atoms with Crippen LogP contribution in [0.4, 0.5) is 16.2 Å². The molecule has 5 rings (SSSR count). The molecule has 3 heterocycles. The third kappa shape index (κ3) is 3.59. The number of para-hydroxylation sites is 1. The Labute approximate surface area is 187 Å². The van der Waals surface area contributed by atoms with Gasteiger partial charge in [-0.15, -0.1) is 0 Å². The summed E-state index contributed by atoms with van der Waals surface area (Å²) < 4.78 is 5.20. The van der Waals surface area contributed by atoms with Crippen molar-refractivity contribution in [1.82, 2.24) is 9.88 Å². The van der Waals surface area contributed by atoms with Gasteiger partial charge in [0.05, 0.1) is 19.4 Å². The van der Waals surface area contributed by atoms with Crippen LogP contribution in [0.25, 0.3) is 0 Å². The molecule has 7 heteroatoms. The lowest BCUT2D eigenvalue weighted by Crippen LogP contribution is -2.69. The number of carbonyl (C=O) groups is 1. The van der Waals surface area contributed by atoms with Crippen LogP contribution >= 0.6 is 0 Å². The molecular formula is C25H26N4O3. The van der Waals surface area contributed by atoms with Crippen molar-refractivity contribution >= 4 is 17.4 Å². The fourth-order valence-electron chi connectivity index (χ4n) is 4.94. The summed E-state index contributed by atoms with van der Waals surface area (Å²) in [6.07, 6.45) is 1.78. The number of nitrogens with zero attached hydrogens (tertiary/aromatic N) is 3. The maximum absolute atomic E-state index is 13.3. The van der Waals surface area contributed by atoms with Crippen LogP contribution in [0.15, 0.2) is 72.9 Å². The summed E-state index contributed by atoms with van der Waals surface area (Å²) in [6.45, 7) is 1.26. The zero-order valence-electron chi connectivity index (χ0n) is 17.9. The average molecular weight is 431 g/mol. The number of nitrogens with one attached hydrogen (secondary N) is 1. The molecule has 1 fully saturated rings. The number of benzene rings is 2. The van der Waals surface area contributed by atoms with Crippen molar-refractivity contribution in [2.45, 2.75) is 24.5 Å². The molecule has 0 spiro atoms. The average Bonchev–Trinajstić information content (AvgIpc) is 2.83. The van der Waals surface area contributed by atoms with Gasteiger partial charge in [0.25, 0.3) is 0 Å². The third-order valence-corrected chi connectivity index (χ3v) is 6.48. The highest BCUT2D eigenvalue weighted by Crippen LogP contribution is 2.48. The molecule has 0 saturated carbocycles. The number of hydrogen-bond acceptors (Lipinski definition) is 5. The topological polar surface area (TPSA) is 77.9 Å². The molecule has 7 nitrogen and oxygen atoms in total. The number of fused-ring (bicyclic) bond motifs is 3. The van der Waals surface area contributed by atoms with Crippen molar-refractivity contribution in [2.75, 3.05) is 30.5 Å². The number of pyridine rings is 1. The van der Waals surface area contributed by atoms with E-state index in [0.717, 1.165) is 22.7 Å². The summed E-state index contributed by atoms with van der Waals surface area (Å²) in [5, 5.41) is 13.2. The van der Waals surface area contributed by atoms with Gasteiger partial charge in [0.15, 0.2) is 0 Å². The SMILES string of the molecule is COc1ccc(NC(=O)N2C[C@H]3[C@@H](c4ccccc42)[C@H](CO)N3Cc2ccccn2)cc1. The molecule has 0 bridgehead atoms. The van der Waals surface area contributed by atoms with Crippen molar-refractivity contribution < 1.29 is 14.6 Å². The highest BCUT2D eigenvalue weighted by atomic mass is 16.5. The summed E-state index contributed by atoms with van der Waals surface area (Å²) in [6, 6.07) is 21.1. The molecule has 1 saturated heterocycles. The van der Waals surface area contributed by atoms with E-state index in [2.05, 4.69) is 21.3 Å². The molecule has 3 atom stereocenters. The zero-order valence-corrected chi connectivity index (χ0v) is 17.9. The Balaban J connectivity index is 1.41. The van der Waals surface area contributed by atoms with Crippen LogP contribution in [-0.2, 0) is 6.54 Å². The first kappa shape index (κ1) is 20.5. The predicted octanol–water partition coefficient (Wildman–Crippen LogP) is 3.47. The van der Waals surface area contributed by atoms with E-state index in [1.165, 1.54) is 0 Å². The van der Waals surface area contributed by atoms with E-state index in [9.17, 15) is 9.90 Å². The maximum Gasteiger partial charge on any atom is 0.326 e. The quantitative estimate of drug-likeness (QED) is 0.648. The van der Waals surface area contributed by atoms with Crippen molar-refractivity contribution in [3.63, 3.8) is 0 Å². The van der Waals surface area contributed by atoms with Crippen molar-refractivity contribution in [3.8, 4) is 5.75 Å². The fraction of sp³-hybridized carbons (Fsp3) is 0.280. The van der Waals surface area contributed by atoms with Crippen LogP contribution in [0.1, 0.15) is 17.2 Å². The minimum atomic E-state index is -0.175. The van der Waals surface area contributed by atoms with Gasteiger partial charge in [-0.1, -0.05) is 24.3 Å². The molecule has 0 radical (unpaired) electrons. The van der Waals surface area contributed by atoms with Gasteiger partial charge in [0.2, 0.25) is 0 Å². The van der Waals surface area contributed by atoms with E-state index in [1.54, 1.807) is 18.2 Å². The van der Waals surface area contributed by atoms with E-state index in [4.69, 9.17) is 4.74 Å². The standard InChI is InChI=1S/C25H26N4O3/c1-32-19-11-9-17(10-12-19)27-25(31)29-15-22-24(20-7-2-3-8-21(20)29)23(16-30)28(22)14-18-6-4-5-13-26-18/h2-13,22-24,30H,14-16H2,1H3,(H,27,31)/t22-,23-,24+/m0/s1. The van der Waals surface area contributed by atoms with Crippen LogP contribution in [0.5, 0.6) is 5.75 Å². The first-order chi connectivity index (χ1) is 15.7. The van der Waals surface area contributed by atoms with Gasteiger partial charge >= 0.3 is 6.03 Å². The lowest BCUT2D eigenvalue weighted by molar-refractivity contribution is -0.0491. The van der Waals surface area contributed by atoms with Gasteiger partial charge in [-0.25, -0.2) is 4.79 Å². The van der Waals surface area contributed by atoms with Crippen molar-refractivity contribution in [1.29, 1.82) is 0 Å². The summed E-state index contributed by atoms with van der Waals surface area (Å²) in [5.74, 6) is 0.925. The third-order valence-electron chi connectivity index (χ3n) is 6.48. The van der Waals surface area contributed by atoms with Crippen LogP contribution in [0.3, 0.4) is 0 Å². The molecule has 2 N–H and O–H groups in total. The Bertz CT molecular complexity index is 1090. The minimum Gasteiger partial charge on any atom is -0.497 e. The summed E-state index contributed by atoms with van der Waals surface area (Å²) in [5.41, 5.74) is 3.67. The van der Waals surface area contributed by atoms with Crippen molar-refractivity contribution in [2.24, 2.45) is 0 Å². The van der Waals surface area contributed by atoms with Gasteiger partial charge in [-0.2, -0.15) is 0 Å². The number of anilines is 2. The number of rotatable bonds is 5. The lowest BCUT2D eigenvalue weighted by Gasteiger charge is -2.59. The molecule has 0 unspecified atom stereocenters. The van der Waals surface area contributed by atoms with Gasteiger partial charge < -0.3 is 15.2 Å². The largest absolute Gasteiger partial charge is 0.497 e. The monoisotopic (exact) mass is 430 g/mol. The Kier molecular flexibility index (Phi) is 5.51. The number of aromatic nitrogens is 1. The zero-order chi connectivity index (χ0) is 22.1. The van der Waals surface area contributed by atoms with Crippen LogP contribution in [0, 0.1) is 0 Å². The van der Waals surface area contributed by atoms with Gasteiger partial charge in [0, 0.05) is 48.7 Å². The maximum atomic E-state index is 13.3. The van der Waals surface area contributed by atoms with Crippen LogP contribution < -0.4 is 15.0 Å². The predicted molar refractivity (Wildman–Crippen MR) is 123 cm³/mol. The number of urea groups is 1. The number of carbonyl (C=O) groups excluding carboxylic acids is 1. The van der Waals surface area contributed by atoms with Gasteiger partial charge in [0.1, 0.15) is 5.75 Å². The van der Waals surface area contributed by atoms with E-state index < -0.39 is 0 Å². The van der Waals surface area contributed by atoms with Crippen molar-refractivity contribution in [3.05, 3.63) is 84.2 Å². The second-order valence-corrected chi connectivity index (χ2v) is 8.16. The molecule has 1 aromatic heterocycles. The Hall–Kier alpha value is -3.42. The molecule has 0 aliphatic carbocycles. The fourth-order valence-corrected chi connectivity index (χ4v) is 4.94. The summed E-state index contributed by atoms with van der Waals surface area (Å²) in [7, 11) is 1.61. The molecular weight excluding hydrogens is 404 g/mol. The van der Waals surface area contributed by atoms with E-state index in [-0.39, 0.29) is 30.6 Å². The molecule has 2 amide bonds. The smallest absolute Gasteiger partial charge is 0.326 e. The minimum absolute atomic E-state index is 0.00922. The number of aliphatic hydroxyl groups is 1. The summed E-state index contributed by atoms with van der Waals surface area (Å²) in [4.78, 5) is 21.8. The number of ether oxygens (including phenoxy) is 1. The van der Waals surface area contributed by atoms with Gasteiger partial charge in [-0.3, -0.25) is 14.8 Å². The van der Waals surface area contributed by atoms with E-state index >= 15 is 0 Å². The molecule has 164 valence electrons. The molecule has 3 aromatic rings. The lowest BCUT2D eigenvalue weighted by atomic mass is 9.72. The Morgan fingerprint density at radius 1 is 1.12 bits per heavy atom. The first-order valence-corrected chi connectivity index (χ1v) is 10.8. The molecule has 2 aromatic carbocycles. The number of hydrogen-bond donors (Lipinski definition) is 2. The number of amides is 2. The van der Waals surface area contributed by atoms with E-state index in [0.29, 0.717) is 18.8 Å². The molecule has 32 heavy (non-hydrogen) atoms. The summed E-state index contributed by atoms with van der Waals surface area (Å²) >= 11 is 0. The van der Waals surface area contributed by atoms with Crippen LogP contribution in [0.2, 0.25) is 0 Å².